The molecule has 0 saturated carbocycles. The van der Waals surface area contributed by atoms with Crippen LogP contribution in [0.2, 0.25) is 10.0 Å². The van der Waals surface area contributed by atoms with Crippen LogP contribution in [0.3, 0.4) is 0 Å². The number of imidazole rings is 1. The average molecular weight is 303 g/mol. The Kier molecular flexibility index (Phi) is 3.77. The predicted octanol–water partition coefficient (Wildman–Crippen LogP) is 4.97. The minimum absolute atomic E-state index is 0.656. The van der Waals surface area contributed by atoms with Crippen molar-refractivity contribution in [3.63, 3.8) is 0 Å². The lowest BCUT2D eigenvalue weighted by Crippen LogP contribution is -1.90. The zero-order valence-electron chi connectivity index (χ0n) is 10.6. The normalized spacial score (nSPS) is 10.7. The number of halogens is 2. The quantitative estimate of drug-likeness (QED) is 0.726. The summed E-state index contributed by atoms with van der Waals surface area (Å²) in [7, 11) is 0. The van der Waals surface area contributed by atoms with Gasteiger partial charge in [0.05, 0.1) is 16.9 Å². The SMILES string of the molecule is Clc1ccc(Cl)c(-c2cnc(Cc3ccccc3)[nH]2)c1. The molecule has 0 aliphatic rings. The summed E-state index contributed by atoms with van der Waals surface area (Å²) in [6.07, 6.45) is 2.55. The molecule has 0 atom stereocenters. The van der Waals surface area contributed by atoms with E-state index in [0.717, 1.165) is 23.5 Å². The van der Waals surface area contributed by atoms with E-state index in [1.165, 1.54) is 5.56 Å². The number of hydrogen-bond acceptors (Lipinski definition) is 1. The van der Waals surface area contributed by atoms with E-state index in [1.807, 2.05) is 24.3 Å². The second kappa shape index (κ2) is 5.70. The first-order valence-electron chi connectivity index (χ1n) is 6.25. The van der Waals surface area contributed by atoms with Crippen LogP contribution in [0.25, 0.3) is 11.3 Å². The number of nitrogens with zero attached hydrogens (tertiary/aromatic N) is 1. The van der Waals surface area contributed by atoms with Gasteiger partial charge < -0.3 is 4.98 Å². The Labute approximate surface area is 127 Å². The van der Waals surface area contributed by atoms with Crippen LogP contribution in [-0.4, -0.2) is 9.97 Å². The van der Waals surface area contributed by atoms with E-state index in [2.05, 4.69) is 22.1 Å². The van der Waals surface area contributed by atoms with Gasteiger partial charge in [-0.25, -0.2) is 4.98 Å². The van der Waals surface area contributed by atoms with Gasteiger partial charge in [-0.2, -0.15) is 0 Å². The topological polar surface area (TPSA) is 28.7 Å². The molecule has 0 unspecified atom stereocenters. The minimum atomic E-state index is 0.656. The van der Waals surface area contributed by atoms with Crippen LogP contribution in [0.5, 0.6) is 0 Å². The van der Waals surface area contributed by atoms with Crippen molar-refractivity contribution in [1.82, 2.24) is 9.97 Å². The summed E-state index contributed by atoms with van der Waals surface area (Å²) in [5.74, 6) is 0.905. The van der Waals surface area contributed by atoms with E-state index in [1.54, 1.807) is 18.3 Å². The molecule has 0 aliphatic heterocycles. The lowest BCUT2D eigenvalue weighted by molar-refractivity contribution is 1.03. The summed E-state index contributed by atoms with van der Waals surface area (Å²) < 4.78 is 0. The molecule has 0 fully saturated rings. The predicted molar refractivity (Wildman–Crippen MR) is 83.3 cm³/mol. The molecule has 20 heavy (non-hydrogen) atoms. The van der Waals surface area contributed by atoms with Crippen LogP contribution in [0.15, 0.2) is 54.7 Å². The molecule has 0 spiro atoms. The van der Waals surface area contributed by atoms with Gasteiger partial charge in [-0.05, 0) is 23.8 Å². The molecule has 3 aromatic rings. The molecule has 4 heteroatoms. The number of aromatic nitrogens is 2. The molecular formula is C16H12Cl2N2. The van der Waals surface area contributed by atoms with Crippen molar-refractivity contribution in [2.45, 2.75) is 6.42 Å². The molecule has 1 N–H and O–H groups in total. The smallest absolute Gasteiger partial charge is 0.110 e. The van der Waals surface area contributed by atoms with Crippen molar-refractivity contribution in [3.05, 3.63) is 76.2 Å². The molecule has 0 aliphatic carbocycles. The average Bonchev–Trinajstić information content (AvgIpc) is 2.91. The molecule has 2 aromatic carbocycles. The highest BCUT2D eigenvalue weighted by Gasteiger charge is 2.08. The highest BCUT2D eigenvalue weighted by atomic mass is 35.5. The fourth-order valence-corrected chi connectivity index (χ4v) is 2.47. The monoisotopic (exact) mass is 302 g/mol. The Hall–Kier alpha value is -1.77. The summed E-state index contributed by atoms with van der Waals surface area (Å²) in [5, 5.41) is 1.31. The highest BCUT2D eigenvalue weighted by Crippen LogP contribution is 2.29. The molecule has 1 aromatic heterocycles. The van der Waals surface area contributed by atoms with Crippen LogP contribution in [0.4, 0.5) is 0 Å². The number of hydrogen-bond donors (Lipinski definition) is 1. The van der Waals surface area contributed by atoms with Crippen LogP contribution in [-0.2, 0) is 6.42 Å². The third-order valence-electron chi connectivity index (χ3n) is 3.06. The van der Waals surface area contributed by atoms with E-state index in [9.17, 15) is 0 Å². The third kappa shape index (κ3) is 2.87. The van der Waals surface area contributed by atoms with Crippen LogP contribution in [0.1, 0.15) is 11.4 Å². The van der Waals surface area contributed by atoms with Crippen molar-refractivity contribution in [3.8, 4) is 11.3 Å². The van der Waals surface area contributed by atoms with Crippen LogP contribution in [0, 0.1) is 0 Å². The van der Waals surface area contributed by atoms with Crippen molar-refractivity contribution < 1.29 is 0 Å². The zero-order chi connectivity index (χ0) is 13.9. The molecule has 3 rings (SSSR count). The Balaban J connectivity index is 1.88. The van der Waals surface area contributed by atoms with E-state index >= 15 is 0 Å². The van der Waals surface area contributed by atoms with Gasteiger partial charge in [0.2, 0.25) is 0 Å². The Morgan fingerprint density at radius 3 is 2.60 bits per heavy atom. The number of benzene rings is 2. The van der Waals surface area contributed by atoms with E-state index < -0.39 is 0 Å². The number of rotatable bonds is 3. The largest absolute Gasteiger partial charge is 0.342 e. The fraction of sp³-hybridized carbons (Fsp3) is 0.0625. The lowest BCUT2D eigenvalue weighted by atomic mass is 10.1. The van der Waals surface area contributed by atoms with Gasteiger partial charge in [-0.1, -0.05) is 53.5 Å². The maximum absolute atomic E-state index is 6.19. The highest BCUT2D eigenvalue weighted by molar-refractivity contribution is 6.35. The molecular weight excluding hydrogens is 291 g/mol. The number of H-pyrrole nitrogens is 1. The van der Waals surface area contributed by atoms with Gasteiger partial charge in [0, 0.05) is 17.0 Å². The molecule has 2 nitrogen and oxygen atoms in total. The Morgan fingerprint density at radius 2 is 1.80 bits per heavy atom. The molecule has 0 saturated heterocycles. The molecule has 100 valence electrons. The standard InChI is InChI=1S/C16H12Cl2N2/c17-12-6-7-14(18)13(9-12)15-10-19-16(20-15)8-11-4-2-1-3-5-11/h1-7,9-10H,8H2,(H,19,20). The summed E-state index contributed by atoms with van der Waals surface area (Å²) >= 11 is 12.2. The Bertz CT molecular complexity index is 720. The molecule has 0 bridgehead atoms. The number of nitrogens with one attached hydrogen (secondary N) is 1. The van der Waals surface area contributed by atoms with E-state index in [-0.39, 0.29) is 0 Å². The first-order valence-corrected chi connectivity index (χ1v) is 7.01. The molecule has 0 radical (unpaired) electrons. The van der Waals surface area contributed by atoms with Crippen molar-refractivity contribution >= 4 is 23.2 Å². The van der Waals surface area contributed by atoms with Gasteiger partial charge in [0.25, 0.3) is 0 Å². The number of aromatic amines is 1. The Morgan fingerprint density at radius 1 is 1.00 bits per heavy atom. The summed E-state index contributed by atoms with van der Waals surface area (Å²) in [6.45, 7) is 0. The maximum Gasteiger partial charge on any atom is 0.110 e. The summed E-state index contributed by atoms with van der Waals surface area (Å²) in [4.78, 5) is 7.69. The van der Waals surface area contributed by atoms with Gasteiger partial charge in [-0.3, -0.25) is 0 Å². The van der Waals surface area contributed by atoms with Crippen LogP contribution >= 0.6 is 23.2 Å². The van der Waals surface area contributed by atoms with E-state index in [0.29, 0.717) is 10.0 Å². The van der Waals surface area contributed by atoms with Gasteiger partial charge >= 0.3 is 0 Å². The zero-order valence-corrected chi connectivity index (χ0v) is 12.1. The van der Waals surface area contributed by atoms with Crippen molar-refractivity contribution in [2.24, 2.45) is 0 Å². The third-order valence-corrected chi connectivity index (χ3v) is 3.63. The van der Waals surface area contributed by atoms with Gasteiger partial charge in [-0.15, -0.1) is 0 Å². The first kappa shape index (κ1) is 13.2. The lowest BCUT2D eigenvalue weighted by Gasteiger charge is -2.02. The first-order chi connectivity index (χ1) is 9.72. The van der Waals surface area contributed by atoms with Crippen molar-refractivity contribution in [1.29, 1.82) is 0 Å². The van der Waals surface area contributed by atoms with Gasteiger partial charge in [0.15, 0.2) is 0 Å². The van der Waals surface area contributed by atoms with E-state index in [4.69, 9.17) is 23.2 Å². The second-order valence-corrected chi connectivity index (χ2v) is 5.37. The minimum Gasteiger partial charge on any atom is -0.342 e. The second-order valence-electron chi connectivity index (χ2n) is 4.53. The molecule has 0 amide bonds. The fourth-order valence-electron chi connectivity index (χ4n) is 2.08. The maximum atomic E-state index is 6.19. The van der Waals surface area contributed by atoms with Gasteiger partial charge in [0.1, 0.15) is 5.82 Å². The summed E-state index contributed by atoms with van der Waals surface area (Å²) in [5.41, 5.74) is 2.96. The summed E-state index contributed by atoms with van der Waals surface area (Å²) in [6, 6.07) is 15.6. The molecule has 1 heterocycles. The van der Waals surface area contributed by atoms with Crippen molar-refractivity contribution in [2.75, 3.05) is 0 Å². The van der Waals surface area contributed by atoms with Crippen LogP contribution < -0.4 is 0 Å².